The molecule has 1 aromatic rings. The van der Waals surface area contributed by atoms with Crippen LogP contribution in [-0.2, 0) is 4.74 Å². The van der Waals surface area contributed by atoms with Crippen molar-refractivity contribution in [1.29, 1.82) is 0 Å². The summed E-state index contributed by atoms with van der Waals surface area (Å²) >= 11 is 0. The van der Waals surface area contributed by atoms with E-state index in [4.69, 9.17) is 10.5 Å². The van der Waals surface area contributed by atoms with Gasteiger partial charge in [0.15, 0.2) is 0 Å². The molecule has 1 amide bonds. The number of rotatable bonds is 8. The number of anilines is 2. The molecule has 0 atom stereocenters. The number of halogens is 3. The number of hydrogen-bond donors (Lipinski definition) is 3. The van der Waals surface area contributed by atoms with Crippen molar-refractivity contribution >= 4 is 17.7 Å². The second-order valence-corrected chi connectivity index (χ2v) is 8.49. The van der Waals surface area contributed by atoms with Crippen molar-refractivity contribution in [2.75, 3.05) is 17.2 Å². The van der Waals surface area contributed by atoms with Gasteiger partial charge in [0.2, 0.25) is 5.95 Å². The highest BCUT2D eigenvalue weighted by atomic mass is 19.4. The smallest absolute Gasteiger partial charge is 0.369 e. The molecule has 3 rings (SSSR count). The summed E-state index contributed by atoms with van der Waals surface area (Å²) in [5.74, 6) is 0.674. The summed E-state index contributed by atoms with van der Waals surface area (Å²) in [5, 5.41) is 6.55. The van der Waals surface area contributed by atoms with Crippen LogP contribution in [-0.4, -0.2) is 46.3 Å². The maximum atomic E-state index is 12.3. The van der Waals surface area contributed by atoms with E-state index in [9.17, 15) is 18.0 Å². The van der Waals surface area contributed by atoms with Gasteiger partial charge in [-0.1, -0.05) is 0 Å². The summed E-state index contributed by atoms with van der Waals surface area (Å²) in [6.45, 7) is 2.92. The van der Waals surface area contributed by atoms with Crippen LogP contribution in [0, 0.1) is 5.92 Å². The zero-order valence-electron chi connectivity index (χ0n) is 16.7. The molecule has 4 N–H and O–H groups in total. The van der Waals surface area contributed by atoms with Crippen LogP contribution < -0.4 is 16.4 Å². The third-order valence-electron chi connectivity index (χ3n) is 5.58. The zero-order chi connectivity index (χ0) is 21.2. The lowest BCUT2D eigenvalue weighted by molar-refractivity contribution is -0.187. The molecule has 2 aliphatic carbocycles. The lowest BCUT2D eigenvalue weighted by Crippen LogP contribution is -2.35. The molecule has 0 radical (unpaired) electrons. The monoisotopic (exact) mass is 415 g/mol. The summed E-state index contributed by atoms with van der Waals surface area (Å²) in [7, 11) is 0. The van der Waals surface area contributed by atoms with Gasteiger partial charge < -0.3 is 21.1 Å². The van der Waals surface area contributed by atoms with Crippen molar-refractivity contribution in [3.05, 3.63) is 11.8 Å². The molecule has 0 aliphatic heterocycles. The number of primary amides is 1. The lowest BCUT2D eigenvalue weighted by Gasteiger charge is -2.30. The van der Waals surface area contributed by atoms with Gasteiger partial charge in [-0.2, -0.15) is 18.2 Å². The summed E-state index contributed by atoms with van der Waals surface area (Å²) in [6.07, 6.45) is 1.34. The molecule has 0 unspecified atom stereocenters. The molecular formula is C19H28F3N5O2. The van der Waals surface area contributed by atoms with Crippen LogP contribution in [0.3, 0.4) is 0 Å². The quantitative estimate of drug-likeness (QED) is 0.601. The molecule has 1 heterocycles. The molecular weight excluding hydrogens is 387 g/mol. The van der Waals surface area contributed by atoms with Crippen LogP contribution in [0.5, 0.6) is 0 Å². The highest BCUT2D eigenvalue weighted by molar-refractivity contribution is 5.97. The predicted molar refractivity (Wildman–Crippen MR) is 103 cm³/mol. The van der Waals surface area contributed by atoms with E-state index in [1.54, 1.807) is 0 Å². The number of alkyl halides is 3. The Labute approximate surface area is 168 Å². The Morgan fingerprint density at radius 3 is 2.41 bits per heavy atom. The fraction of sp³-hybridized carbons (Fsp3) is 0.737. The number of amides is 1. The fourth-order valence-corrected chi connectivity index (χ4v) is 3.71. The van der Waals surface area contributed by atoms with Gasteiger partial charge in [-0.15, -0.1) is 0 Å². The van der Waals surface area contributed by atoms with Crippen molar-refractivity contribution < 1.29 is 22.7 Å². The molecule has 2 aliphatic rings. The van der Waals surface area contributed by atoms with E-state index < -0.39 is 18.7 Å². The molecule has 10 heteroatoms. The Morgan fingerprint density at radius 2 is 1.86 bits per heavy atom. The molecule has 2 saturated carbocycles. The van der Waals surface area contributed by atoms with Crippen LogP contribution in [0.25, 0.3) is 0 Å². The Bertz CT molecular complexity index is 729. The Morgan fingerprint density at radius 1 is 1.21 bits per heavy atom. The van der Waals surface area contributed by atoms with Gasteiger partial charge in [0.1, 0.15) is 12.4 Å². The van der Waals surface area contributed by atoms with E-state index in [0.717, 1.165) is 12.8 Å². The normalized spacial score (nSPS) is 22.9. The first-order chi connectivity index (χ1) is 13.5. The first-order valence-electron chi connectivity index (χ1n) is 9.93. The van der Waals surface area contributed by atoms with Crippen LogP contribution in [0.15, 0.2) is 6.20 Å². The van der Waals surface area contributed by atoms with Crippen molar-refractivity contribution in [3.8, 4) is 0 Å². The van der Waals surface area contributed by atoms with E-state index in [-0.39, 0.29) is 23.2 Å². The number of nitrogens with one attached hydrogen (secondary N) is 2. The topological polar surface area (TPSA) is 102 Å². The maximum absolute atomic E-state index is 12.3. The number of nitrogens with zero attached hydrogens (tertiary/aromatic N) is 2. The summed E-state index contributed by atoms with van der Waals surface area (Å²) in [4.78, 5) is 20.4. The standard InChI is InChI=1S/C19H28F3N5O2/c1-18(2,11-3-4-11)27-16-14(15(23)28)9-24-17(26-16)25-12-5-7-13(8-6-12)29-10-19(20,21)22/h9,11-13H,3-8,10H2,1-2H3,(H2,23,28)(H2,24,25,26,27). The molecule has 0 aromatic carbocycles. The average Bonchev–Trinajstić information content (AvgIpc) is 3.46. The Balaban J connectivity index is 1.60. The minimum absolute atomic E-state index is 0.0319. The second-order valence-electron chi connectivity index (χ2n) is 8.49. The van der Waals surface area contributed by atoms with Gasteiger partial charge in [0.25, 0.3) is 5.91 Å². The third-order valence-corrected chi connectivity index (χ3v) is 5.58. The molecule has 162 valence electrons. The number of hydrogen-bond acceptors (Lipinski definition) is 6. The largest absolute Gasteiger partial charge is 0.411 e. The second kappa shape index (κ2) is 8.33. The summed E-state index contributed by atoms with van der Waals surface area (Å²) < 4.78 is 41.8. The highest BCUT2D eigenvalue weighted by Gasteiger charge is 2.38. The van der Waals surface area contributed by atoms with E-state index >= 15 is 0 Å². The van der Waals surface area contributed by atoms with Gasteiger partial charge in [-0.05, 0) is 58.3 Å². The lowest BCUT2D eigenvalue weighted by atomic mass is 9.93. The van der Waals surface area contributed by atoms with Crippen LogP contribution in [0.1, 0.15) is 62.7 Å². The van der Waals surface area contributed by atoms with E-state index in [1.165, 1.54) is 6.20 Å². The average molecular weight is 415 g/mol. The number of aromatic nitrogens is 2. The molecule has 29 heavy (non-hydrogen) atoms. The fourth-order valence-electron chi connectivity index (χ4n) is 3.71. The maximum Gasteiger partial charge on any atom is 0.411 e. The van der Waals surface area contributed by atoms with E-state index in [0.29, 0.717) is 43.4 Å². The molecule has 0 saturated heterocycles. The van der Waals surface area contributed by atoms with Crippen LogP contribution in [0.2, 0.25) is 0 Å². The Hall–Kier alpha value is -2.10. The van der Waals surface area contributed by atoms with Crippen molar-refractivity contribution in [3.63, 3.8) is 0 Å². The van der Waals surface area contributed by atoms with Crippen molar-refractivity contribution in [2.24, 2.45) is 11.7 Å². The number of nitrogens with two attached hydrogens (primary N) is 1. The molecule has 0 bridgehead atoms. The number of carbonyl (C=O) groups is 1. The van der Waals surface area contributed by atoms with Crippen LogP contribution in [0.4, 0.5) is 24.9 Å². The predicted octanol–water partition coefficient (Wildman–Crippen LogP) is 3.48. The summed E-state index contributed by atoms with van der Waals surface area (Å²) in [5.41, 5.74) is 5.47. The van der Waals surface area contributed by atoms with Gasteiger partial charge in [-0.25, -0.2) is 4.98 Å². The van der Waals surface area contributed by atoms with Gasteiger partial charge in [-0.3, -0.25) is 4.79 Å². The highest BCUT2D eigenvalue weighted by Crippen LogP contribution is 2.41. The SMILES string of the molecule is CC(C)(Nc1nc(NC2CCC(OCC(F)(F)F)CC2)ncc1C(N)=O)C1CC1. The molecule has 0 spiro atoms. The van der Waals surface area contributed by atoms with E-state index in [1.807, 2.05) is 0 Å². The molecule has 2 fully saturated rings. The van der Waals surface area contributed by atoms with Crippen molar-refractivity contribution in [2.45, 2.75) is 76.2 Å². The van der Waals surface area contributed by atoms with Gasteiger partial charge in [0, 0.05) is 17.8 Å². The number of ether oxygens (including phenoxy) is 1. The molecule has 1 aromatic heterocycles. The molecule has 7 nitrogen and oxygen atoms in total. The van der Waals surface area contributed by atoms with Crippen molar-refractivity contribution in [1.82, 2.24) is 9.97 Å². The minimum Gasteiger partial charge on any atom is -0.369 e. The first kappa shape index (κ1) is 21.6. The number of carbonyl (C=O) groups excluding carboxylic acids is 1. The van der Waals surface area contributed by atoms with E-state index in [2.05, 4.69) is 34.4 Å². The third kappa shape index (κ3) is 6.19. The minimum atomic E-state index is -4.30. The van der Waals surface area contributed by atoms with Gasteiger partial charge >= 0.3 is 6.18 Å². The first-order valence-corrected chi connectivity index (χ1v) is 9.93. The Kier molecular flexibility index (Phi) is 6.21. The van der Waals surface area contributed by atoms with Crippen LogP contribution >= 0.6 is 0 Å². The summed E-state index contributed by atoms with van der Waals surface area (Å²) in [6, 6.07) is 0.0319. The van der Waals surface area contributed by atoms with Gasteiger partial charge in [0.05, 0.1) is 11.7 Å². The zero-order valence-corrected chi connectivity index (χ0v) is 16.7.